The van der Waals surface area contributed by atoms with Gasteiger partial charge < -0.3 is 5.32 Å². The van der Waals surface area contributed by atoms with Crippen molar-refractivity contribution in [3.63, 3.8) is 0 Å². The zero-order chi connectivity index (χ0) is 8.43. The lowest BCUT2D eigenvalue weighted by atomic mass is 10.5. The van der Waals surface area contributed by atoms with Crippen LogP contribution in [0.25, 0.3) is 0 Å². The number of halogens is 1. The second kappa shape index (κ2) is 3.36. The summed E-state index contributed by atoms with van der Waals surface area (Å²) in [5.74, 6) is -0.0289. The molecule has 2 nitrogen and oxygen atoms in total. The van der Waals surface area contributed by atoms with Gasteiger partial charge in [0.05, 0.1) is 5.00 Å². The summed E-state index contributed by atoms with van der Waals surface area (Å²) in [6.45, 7) is 3.50. The van der Waals surface area contributed by atoms with Gasteiger partial charge in [0.25, 0.3) is 0 Å². The number of hydrogen-bond donors (Lipinski definition) is 1. The maximum absolute atomic E-state index is 10.6. The molecule has 1 rings (SSSR count). The highest BCUT2D eigenvalue weighted by Gasteiger charge is 2.02. The predicted octanol–water partition coefficient (Wildman–Crippen LogP) is 2.78. The summed E-state index contributed by atoms with van der Waals surface area (Å²) < 4.78 is 1.05. The molecule has 0 atom stereocenters. The molecule has 0 aliphatic carbocycles. The van der Waals surface area contributed by atoms with Gasteiger partial charge in [0.15, 0.2) is 0 Å². The highest BCUT2D eigenvalue weighted by molar-refractivity contribution is 9.10. The van der Waals surface area contributed by atoms with E-state index in [0.717, 1.165) is 9.47 Å². The molecule has 11 heavy (non-hydrogen) atoms. The SMILES string of the molecule is CC(=O)Nc1cc(Br)c(C)s1. The minimum Gasteiger partial charge on any atom is -0.318 e. The van der Waals surface area contributed by atoms with Crippen molar-refractivity contribution in [3.05, 3.63) is 15.4 Å². The first kappa shape index (κ1) is 8.74. The van der Waals surface area contributed by atoms with E-state index in [0.29, 0.717) is 0 Å². The van der Waals surface area contributed by atoms with Crippen molar-refractivity contribution in [1.82, 2.24) is 0 Å². The summed E-state index contributed by atoms with van der Waals surface area (Å²) in [6, 6.07) is 1.90. The van der Waals surface area contributed by atoms with Gasteiger partial charge in [-0.15, -0.1) is 11.3 Å². The van der Waals surface area contributed by atoms with E-state index in [1.807, 2.05) is 13.0 Å². The number of aryl methyl sites for hydroxylation is 1. The summed E-state index contributed by atoms with van der Waals surface area (Å²) in [7, 11) is 0. The predicted molar refractivity (Wildman–Crippen MR) is 51.1 cm³/mol. The Morgan fingerprint density at radius 1 is 1.73 bits per heavy atom. The van der Waals surface area contributed by atoms with Crippen LogP contribution in [0, 0.1) is 6.92 Å². The Labute approximate surface area is 77.7 Å². The third-order valence-electron chi connectivity index (χ3n) is 1.16. The van der Waals surface area contributed by atoms with Crippen molar-refractivity contribution >= 4 is 38.2 Å². The molecule has 0 radical (unpaired) electrons. The number of thiophene rings is 1. The van der Waals surface area contributed by atoms with Crippen molar-refractivity contribution < 1.29 is 4.79 Å². The van der Waals surface area contributed by atoms with E-state index in [1.54, 1.807) is 11.3 Å². The van der Waals surface area contributed by atoms with E-state index in [4.69, 9.17) is 0 Å². The molecule has 1 N–H and O–H groups in total. The van der Waals surface area contributed by atoms with Gasteiger partial charge in [0.1, 0.15) is 0 Å². The fraction of sp³-hybridized carbons (Fsp3) is 0.286. The highest BCUT2D eigenvalue weighted by atomic mass is 79.9. The van der Waals surface area contributed by atoms with Crippen LogP contribution in [-0.4, -0.2) is 5.91 Å². The van der Waals surface area contributed by atoms with Crippen LogP contribution >= 0.6 is 27.3 Å². The first-order chi connectivity index (χ1) is 5.09. The number of carbonyl (C=O) groups is 1. The molecule has 0 unspecified atom stereocenters. The van der Waals surface area contributed by atoms with Gasteiger partial charge in [-0.2, -0.15) is 0 Å². The molecule has 0 spiro atoms. The van der Waals surface area contributed by atoms with Gasteiger partial charge in [0.2, 0.25) is 5.91 Å². The first-order valence-electron chi connectivity index (χ1n) is 3.13. The van der Waals surface area contributed by atoms with E-state index in [9.17, 15) is 4.79 Å². The third kappa shape index (κ3) is 2.31. The smallest absolute Gasteiger partial charge is 0.221 e. The lowest BCUT2D eigenvalue weighted by molar-refractivity contribution is -0.114. The summed E-state index contributed by atoms with van der Waals surface area (Å²) in [5, 5.41) is 3.61. The number of amides is 1. The number of anilines is 1. The average molecular weight is 234 g/mol. The topological polar surface area (TPSA) is 29.1 Å². The normalized spacial score (nSPS) is 9.73. The lowest BCUT2D eigenvalue weighted by Gasteiger charge is -1.93. The van der Waals surface area contributed by atoms with Crippen LogP contribution < -0.4 is 5.32 Å². The molecule has 1 aromatic heterocycles. The zero-order valence-electron chi connectivity index (χ0n) is 6.27. The van der Waals surface area contributed by atoms with Gasteiger partial charge >= 0.3 is 0 Å². The second-order valence-corrected chi connectivity index (χ2v) is 4.31. The van der Waals surface area contributed by atoms with Crippen LogP contribution in [0.1, 0.15) is 11.8 Å². The Hall–Kier alpha value is -0.350. The molecule has 4 heteroatoms. The Balaban J connectivity index is 2.81. The second-order valence-electron chi connectivity index (χ2n) is 2.20. The minimum atomic E-state index is -0.0289. The molecular formula is C7H8BrNOS. The Morgan fingerprint density at radius 2 is 2.36 bits per heavy atom. The molecule has 1 heterocycles. The van der Waals surface area contributed by atoms with Crippen LogP contribution in [0.15, 0.2) is 10.5 Å². The van der Waals surface area contributed by atoms with Crippen molar-refractivity contribution in [2.24, 2.45) is 0 Å². The van der Waals surface area contributed by atoms with E-state index in [2.05, 4.69) is 21.2 Å². The quantitative estimate of drug-likeness (QED) is 0.795. The van der Waals surface area contributed by atoms with E-state index in [1.165, 1.54) is 11.8 Å². The summed E-state index contributed by atoms with van der Waals surface area (Å²) >= 11 is 4.93. The molecule has 1 aromatic rings. The molecule has 0 aliphatic rings. The van der Waals surface area contributed by atoms with Gasteiger partial charge in [-0.25, -0.2) is 0 Å². The van der Waals surface area contributed by atoms with E-state index in [-0.39, 0.29) is 5.91 Å². The monoisotopic (exact) mass is 233 g/mol. The fourth-order valence-electron chi connectivity index (χ4n) is 0.695. The average Bonchev–Trinajstić information content (AvgIpc) is 2.10. The van der Waals surface area contributed by atoms with Crippen LogP contribution in [0.3, 0.4) is 0 Å². The summed E-state index contributed by atoms with van der Waals surface area (Å²) in [4.78, 5) is 11.8. The van der Waals surface area contributed by atoms with Crippen LogP contribution in [0.4, 0.5) is 5.00 Å². The Kier molecular flexibility index (Phi) is 2.67. The summed E-state index contributed by atoms with van der Waals surface area (Å²) in [6.07, 6.45) is 0. The highest BCUT2D eigenvalue weighted by Crippen LogP contribution is 2.29. The Morgan fingerprint density at radius 3 is 2.73 bits per heavy atom. The molecular weight excluding hydrogens is 226 g/mol. The molecule has 0 aromatic carbocycles. The molecule has 0 fully saturated rings. The lowest BCUT2D eigenvalue weighted by Crippen LogP contribution is -2.03. The summed E-state index contributed by atoms with van der Waals surface area (Å²) in [5.41, 5.74) is 0. The largest absolute Gasteiger partial charge is 0.318 e. The van der Waals surface area contributed by atoms with E-state index < -0.39 is 0 Å². The number of carbonyl (C=O) groups excluding carboxylic acids is 1. The van der Waals surface area contributed by atoms with Crippen molar-refractivity contribution in [2.45, 2.75) is 13.8 Å². The number of nitrogens with one attached hydrogen (secondary N) is 1. The Bertz CT molecular complexity index is 262. The maximum Gasteiger partial charge on any atom is 0.221 e. The fourth-order valence-corrected chi connectivity index (χ4v) is 2.18. The van der Waals surface area contributed by atoms with Crippen LogP contribution in [0.5, 0.6) is 0 Å². The molecule has 0 saturated carbocycles. The van der Waals surface area contributed by atoms with Gasteiger partial charge in [-0.3, -0.25) is 4.79 Å². The van der Waals surface area contributed by atoms with E-state index >= 15 is 0 Å². The zero-order valence-corrected chi connectivity index (χ0v) is 8.67. The van der Waals surface area contributed by atoms with Crippen molar-refractivity contribution in [1.29, 1.82) is 0 Å². The first-order valence-corrected chi connectivity index (χ1v) is 4.74. The number of rotatable bonds is 1. The van der Waals surface area contributed by atoms with Gasteiger partial charge in [-0.05, 0) is 28.9 Å². The molecule has 60 valence electrons. The molecule has 0 saturated heterocycles. The van der Waals surface area contributed by atoms with Gasteiger partial charge in [0, 0.05) is 16.3 Å². The maximum atomic E-state index is 10.6. The van der Waals surface area contributed by atoms with Gasteiger partial charge in [-0.1, -0.05) is 0 Å². The third-order valence-corrected chi connectivity index (χ3v) is 3.21. The molecule has 1 amide bonds. The van der Waals surface area contributed by atoms with Crippen molar-refractivity contribution in [2.75, 3.05) is 5.32 Å². The minimum absolute atomic E-state index is 0.0289. The standard InChI is InChI=1S/C7H8BrNOS/c1-4-6(8)3-7(11-4)9-5(2)10/h3H,1-2H3,(H,9,10). The molecule has 0 aliphatic heterocycles. The van der Waals surface area contributed by atoms with Crippen molar-refractivity contribution in [3.8, 4) is 0 Å². The van der Waals surface area contributed by atoms with Crippen LogP contribution in [0.2, 0.25) is 0 Å². The van der Waals surface area contributed by atoms with Crippen LogP contribution in [-0.2, 0) is 4.79 Å². The molecule has 0 bridgehead atoms. The number of hydrogen-bond acceptors (Lipinski definition) is 2.